The number of pyridine rings is 1. The Morgan fingerprint density at radius 1 is 0.885 bits per heavy atom. The highest BCUT2D eigenvalue weighted by Gasteiger charge is 2.16. The Morgan fingerprint density at radius 2 is 1.69 bits per heavy atom. The third-order valence-electron chi connectivity index (χ3n) is 3.85. The van der Waals surface area contributed by atoms with Gasteiger partial charge in [0, 0.05) is 34.4 Å². The van der Waals surface area contributed by atoms with E-state index in [1.807, 2.05) is 54.6 Å². The van der Waals surface area contributed by atoms with Crippen molar-refractivity contribution >= 4 is 23.4 Å². The summed E-state index contributed by atoms with van der Waals surface area (Å²) in [6, 6.07) is 21.9. The van der Waals surface area contributed by atoms with Crippen LogP contribution in [-0.2, 0) is 5.75 Å². The zero-order valence-corrected chi connectivity index (χ0v) is 15.4. The van der Waals surface area contributed by atoms with E-state index in [0.717, 1.165) is 33.0 Å². The van der Waals surface area contributed by atoms with Crippen molar-refractivity contribution in [3.05, 3.63) is 89.7 Å². The SMILES string of the molecule is Clc1ccc(CSc2nnc(-c3cccnc3)n2-c2ccccc2)cc1. The third kappa shape index (κ3) is 3.64. The molecule has 4 rings (SSSR count). The van der Waals surface area contributed by atoms with Gasteiger partial charge in [0.25, 0.3) is 0 Å². The Balaban J connectivity index is 1.70. The Hall–Kier alpha value is -2.63. The number of thioether (sulfide) groups is 1. The summed E-state index contributed by atoms with van der Waals surface area (Å²) in [5.41, 5.74) is 3.14. The predicted molar refractivity (Wildman–Crippen MR) is 106 cm³/mol. The van der Waals surface area contributed by atoms with Gasteiger partial charge in [0.1, 0.15) is 0 Å². The average Bonchev–Trinajstić information content (AvgIpc) is 3.13. The summed E-state index contributed by atoms with van der Waals surface area (Å²) in [6.45, 7) is 0. The molecule has 0 bridgehead atoms. The molecule has 0 aliphatic carbocycles. The second-order valence-electron chi connectivity index (χ2n) is 5.63. The first kappa shape index (κ1) is 16.8. The Kier molecular flexibility index (Phi) is 5.00. The van der Waals surface area contributed by atoms with Gasteiger partial charge in [0.15, 0.2) is 11.0 Å². The number of aromatic nitrogens is 4. The Morgan fingerprint density at radius 3 is 2.42 bits per heavy atom. The molecule has 0 fully saturated rings. The van der Waals surface area contributed by atoms with Crippen molar-refractivity contribution in [3.8, 4) is 17.1 Å². The molecule has 2 aromatic heterocycles. The second-order valence-corrected chi connectivity index (χ2v) is 7.01. The molecule has 4 aromatic rings. The molecule has 6 heteroatoms. The average molecular weight is 379 g/mol. The van der Waals surface area contributed by atoms with Crippen LogP contribution in [0.5, 0.6) is 0 Å². The van der Waals surface area contributed by atoms with Gasteiger partial charge in [-0.05, 0) is 42.0 Å². The van der Waals surface area contributed by atoms with Crippen LogP contribution < -0.4 is 0 Å². The molecule has 0 amide bonds. The van der Waals surface area contributed by atoms with Crippen molar-refractivity contribution in [1.29, 1.82) is 0 Å². The van der Waals surface area contributed by atoms with E-state index in [2.05, 4.69) is 31.9 Å². The number of hydrogen-bond donors (Lipinski definition) is 0. The normalized spacial score (nSPS) is 10.8. The van der Waals surface area contributed by atoms with Crippen molar-refractivity contribution in [3.63, 3.8) is 0 Å². The lowest BCUT2D eigenvalue weighted by Gasteiger charge is -2.10. The van der Waals surface area contributed by atoms with Gasteiger partial charge in [-0.25, -0.2) is 0 Å². The van der Waals surface area contributed by atoms with Gasteiger partial charge < -0.3 is 0 Å². The zero-order valence-electron chi connectivity index (χ0n) is 13.8. The van der Waals surface area contributed by atoms with Crippen LogP contribution in [-0.4, -0.2) is 19.7 Å². The highest BCUT2D eigenvalue weighted by atomic mass is 35.5. The van der Waals surface area contributed by atoms with E-state index in [0.29, 0.717) is 0 Å². The lowest BCUT2D eigenvalue weighted by atomic mass is 10.2. The summed E-state index contributed by atoms with van der Waals surface area (Å²) >= 11 is 7.61. The molecule has 0 radical (unpaired) electrons. The summed E-state index contributed by atoms with van der Waals surface area (Å²) in [5, 5.41) is 10.4. The molecule has 26 heavy (non-hydrogen) atoms. The summed E-state index contributed by atoms with van der Waals surface area (Å²) < 4.78 is 2.07. The van der Waals surface area contributed by atoms with Crippen molar-refractivity contribution in [2.75, 3.05) is 0 Å². The molecule has 128 valence electrons. The minimum absolute atomic E-state index is 0.741. The van der Waals surface area contributed by atoms with Gasteiger partial charge in [-0.1, -0.05) is 53.7 Å². The molecule has 0 saturated carbocycles. The van der Waals surface area contributed by atoms with E-state index in [1.54, 1.807) is 24.2 Å². The summed E-state index contributed by atoms with van der Waals surface area (Å²) in [4.78, 5) is 4.21. The molecule has 0 aliphatic heterocycles. The lowest BCUT2D eigenvalue weighted by Crippen LogP contribution is -1.99. The Bertz CT molecular complexity index is 986. The van der Waals surface area contributed by atoms with Gasteiger partial charge in [-0.2, -0.15) is 0 Å². The number of benzene rings is 2. The highest BCUT2D eigenvalue weighted by molar-refractivity contribution is 7.98. The first-order chi connectivity index (χ1) is 12.8. The molecular formula is C20H15ClN4S. The summed E-state index contributed by atoms with van der Waals surface area (Å²) in [5.74, 6) is 1.57. The first-order valence-electron chi connectivity index (χ1n) is 8.10. The molecule has 2 aromatic carbocycles. The predicted octanol–water partition coefficient (Wildman–Crippen LogP) is 5.28. The Labute approximate surface area is 160 Å². The molecular weight excluding hydrogens is 364 g/mol. The molecule has 4 nitrogen and oxygen atoms in total. The molecule has 0 N–H and O–H groups in total. The molecule has 0 aliphatic rings. The van der Waals surface area contributed by atoms with E-state index in [-0.39, 0.29) is 0 Å². The fourth-order valence-electron chi connectivity index (χ4n) is 2.58. The van der Waals surface area contributed by atoms with E-state index in [4.69, 9.17) is 11.6 Å². The van der Waals surface area contributed by atoms with Crippen LogP contribution in [0.3, 0.4) is 0 Å². The van der Waals surface area contributed by atoms with Gasteiger partial charge in [-0.3, -0.25) is 9.55 Å². The molecule has 0 saturated heterocycles. The molecule has 0 atom stereocenters. The van der Waals surface area contributed by atoms with E-state index in [1.165, 1.54) is 5.56 Å². The standard InChI is InChI=1S/C20H15ClN4S/c21-17-10-8-15(9-11-17)14-26-20-24-23-19(16-5-4-12-22-13-16)25(20)18-6-2-1-3-7-18/h1-13H,14H2. The fraction of sp³-hybridized carbons (Fsp3) is 0.0500. The maximum absolute atomic E-state index is 5.97. The van der Waals surface area contributed by atoms with Crippen molar-refractivity contribution in [2.45, 2.75) is 10.9 Å². The van der Waals surface area contributed by atoms with Crippen LogP contribution in [0, 0.1) is 0 Å². The number of hydrogen-bond acceptors (Lipinski definition) is 4. The zero-order chi connectivity index (χ0) is 17.8. The van der Waals surface area contributed by atoms with Crippen LogP contribution in [0.15, 0.2) is 84.3 Å². The van der Waals surface area contributed by atoms with Crippen molar-refractivity contribution in [2.24, 2.45) is 0 Å². The van der Waals surface area contributed by atoms with Gasteiger partial charge >= 0.3 is 0 Å². The van der Waals surface area contributed by atoms with E-state index < -0.39 is 0 Å². The van der Waals surface area contributed by atoms with Crippen LogP contribution >= 0.6 is 23.4 Å². The number of nitrogens with zero attached hydrogens (tertiary/aromatic N) is 4. The van der Waals surface area contributed by atoms with E-state index >= 15 is 0 Å². The van der Waals surface area contributed by atoms with Crippen molar-refractivity contribution in [1.82, 2.24) is 19.7 Å². The minimum atomic E-state index is 0.741. The van der Waals surface area contributed by atoms with Gasteiger partial charge in [0.2, 0.25) is 0 Å². The number of para-hydroxylation sites is 1. The third-order valence-corrected chi connectivity index (χ3v) is 5.10. The van der Waals surface area contributed by atoms with Crippen LogP contribution in [0.25, 0.3) is 17.1 Å². The minimum Gasteiger partial charge on any atom is -0.270 e. The monoisotopic (exact) mass is 378 g/mol. The fourth-order valence-corrected chi connectivity index (χ4v) is 3.62. The summed E-state index contributed by atoms with van der Waals surface area (Å²) in [6.07, 6.45) is 3.56. The number of rotatable bonds is 5. The van der Waals surface area contributed by atoms with Crippen LogP contribution in [0.2, 0.25) is 5.02 Å². The molecule has 2 heterocycles. The lowest BCUT2D eigenvalue weighted by molar-refractivity contribution is 0.886. The highest BCUT2D eigenvalue weighted by Crippen LogP contribution is 2.29. The maximum Gasteiger partial charge on any atom is 0.196 e. The topological polar surface area (TPSA) is 43.6 Å². The summed E-state index contributed by atoms with van der Waals surface area (Å²) in [7, 11) is 0. The van der Waals surface area contributed by atoms with Crippen molar-refractivity contribution < 1.29 is 0 Å². The second kappa shape index (κ2) is 7.72. The largest absolute Gasteiger partial charge is 0.270 e. The molecule has 0 unspecified atom stereocenters. The first-order valence-corrected chi connectivity index (χ1v) is 9.46. The maximum atomic E-state index is 5.97. The van der Waals surface area contributed by atoms with E-state index in [9.17, 15) is 0 Å². The van der Waals surface area contributed by atoms with Gasteiger partial charge in [-0.15, -0.1) is 10.2 Å². The smallest absolute Gasteiger partial charge is 0.196 e. The van der Waals surface area contributed by atoms with Gasteiger partial charge in [0.05, 0.1) is 0 Å². The van der Waals surface area contributed by atoms with Crippen LogP contribution in [0.4, 0.5) is 0 Å². The number of halogens is 1. The quantitative estimate of drug-likeness (QED) is 0.443. The molecule has 0 spiro atoms. The van der Waals surface area contributed by atoms with Crippen LogP contribution in [0.1, 0.15) is 5.56 Å².